The van der Waals surface area contributed by atoms with Gasteiger partial charge in [0.2, 0.25) is 0 Å². The van der Waals surface area contributed by atoms with Crippen molar-refractivity contribution in [2.75, 3.05) is 24.6 Å². The number of nitrogens with zero attached hydrogens (tertiary/aromatic N) is 1. The molecule has 4 heteroatoms. The first-order valence-electron chi connectivity index (χ1n) is 7.97. The molecular formula is C17H27ClN2O. The average molecular weight is 311 g/mol. The highest BCUT2D eigenvalue weighted by molar-refractivity contribution is 6.33. The van der Waals surface area contributed by atoms with E-state index in [-0.39, 0.29) is 6.10 Å². The van der Waals surface area contributed by atoms with E-state index in [4.69, 9.17) is 16.3 Å². The first-order valence-corrected chi connectivity index (χ1v) is 8.35. The van der Waals surface area contributed by atoms with Crippen molar-refractivity contribution in [3.63, 3.8) is 0 Å². The second-order valence-electron chi connectivity index (χ2n) is 5.85. The Balaban J connectivity index is 2.22. The van der Waals surface area contributed by atoms with E-state index >= 15 is 0 Å². The van der Waals surface area contributed by atoms with Gasteiger partial charge in [-0.1, -0.05) is 31.5 Å². The average Bonchev–Trinajstić information content (AvgIpc) is 2.47. The number of hydrogen-bond acceptors (Lipinski definition) is 3. The maximum Gasteiger partial charge on any atom is 0.0723 e. The summed E-state index contributed by atoms with van der Waals surface area (Å²) in [5.74, 6) is 0. The first-order chi connectivity index (χ1) is 10.1. The largest absolute Gasteiger partial charge is 0.375 e. The van der Waals surface area contributed by atoms with Gasteiger partial charge in [0.1, 0.15) is 0 Å². The highest BCUT2D eigenvalue weighted by atomic mass is 35.5. The predicted molar refractivity (Wildman–Crippen MR) is 90.4 cm³/mol. The van der Waals surface area contributed by atoms with Crippen LogP contribution in [0.3, 0.4) is 0 Å². The van der Waals surface area contributed by atoms with Crippen LogP contribution in [0.15, 0.2) is 18.2 Å². The molecule has 1 heterocycles. The lowest BCUT2D eigenvalue weighted by Crippen LogP contribution is -2.48. The summed E-state index contributed by atoms with van der Waals surface area (Å²) in [6.45, 7) is 11.2. The zero-order valence-electron chi connectivity index (χ0n) is 13.5. The Hall–Kier alpha value is -0.770. The van der Waals surface area contributed by atoms with E-state index in [1.165, 1.54) is 5.56 Å². The van der Waals surface area contributed by atoms with Crippen LogP contribution >= 0.6 is 11.6 Å². The summed E-state index contributed by atoms with van der Waals surface area (Å²) >= 11 is 6.57. The van der Waals surface area contributed by atoms with Gasteiger partial charge in [-0.05, 0) is 44.5 Å². The van der Waals surface area contributed by atoms with Crippen LogP contribution in [-0.4, -0.2) is 31.8 Å². The maximum absolute atomic E-state index is 6.57. The van der Waals surface area contributed by atoms with Crippen LogP contribution < -0.4 is 10.2 Å². The molecule has 0 aromatic heterocycles. The summed E-state index contributed by atoms with van der Waals surface area (Å²) < 4.78 is 5.77. The van der Waals surface area contributed by atoms with Crippen LogP contribution in [0.4, 0.5) is 5.69 Å². The summed E-state index contributed by atoms with van der Waals surface area (Å²) in [6, 6.07) is 7.17. The molecule has 0 bridgehead atoms. The van der Waals surface area contributed by atoms with Crippen LogP contribution in [0, 0.1) is 0 Å². The molecule has 118 valence electrons. The van der Waals surface area contributed by atoms with E-state index in [0.29, 0.717) is 12.1 Å². The number of halogens is 1. The molecule has 1 saturated heterocycles. The second-order valence-corrected chi connectivity index (χ2v) is 6.26. The Morgan fingerprint density at radius 3 is 2.81 bits per heavy atom. The van der Waals surface area contributed by atoms with Crippen molar-refractivity contribution in [3.05, 3.63) is 28.8 Å². The van der Waals surface area contributed by atoms with Crippen molar-refractivity contribution in [2.24, 2.45) is 0 Å². The number of ether oxygens (including phenoxy) is 1. The second kappa shape index (κ2) is 7.48. The molecule has 1 aliphatic rings. The third-order valence-corrected chi connectivity index (χ3v) is 4.53. The highest BCUT2D eigenvalue weighted by Gasteiger charge is 2.27. The molecule has 21 heavy (non-hydrogen) atoms. The van der Waals surface area contributed by atoms with Gasteiger partial charge < -0.3 is 15.0 Å². The van der Waals surface area contributed by atoms with E-state index < -0.39 is 0 Å². The third-order valence-electron chi connectivity index (χ3n) is 4.23. The minimum absolute atomic E-state index is 0.254. The van der Waals surface area contributed by atoms with Crippen molar-refractivity contribution in [1.82, 2.24) is 5.32 Å². The first kappa shape index (κ1) is 16.6. The molecule has 3 atom stereocenters. The minimum Gasteiger partial charge on any atom is -0.375 e. The predicted octanol–water partition coefficient (Wildman–Crippen LogP) is 4.01. The van der Waals surface area contributed by atoms with Crippen LogP contribution in [-0.2, 0) is 4.74 Å². The summed E-state index contributed by atoms with van der Waals surface area (Å²) in [5, 5.41) is 4.26. The lowest BCUT2D eigenvalue weighted by molar-refractivity contribution is 0.0300. The molecule has 3 unspecified atom stereocenters. The van der Waals surface area contributed by atoms with Gasteiger partial charge in [0.15, 0.2) is 0 Å². The van der Waals surface area contributed by atoms with E-state index in [1.807, 2.05) is 0 Å². The standard InChI is InChI=1S/C17H27ClN2O/c1-5-15-11-21-12(3)10-20(15)17-8-7-14(9-16(17)18)13(4)19-6-2/h7-9,12-13,15,19H,5-6,10-11H2,1-4H3. The van der Waals surface area contributed by atoms with Gasteiger partial charge in [-0.2, -0.15) is 0 Å². The highest BCUT2D eigenvalue weighted by Crippen LogP contribution is 2.32. The number of nitrogens with one attached hydrogen (secondary N) is 1. The molecule has 0 aliphatic carbocycles. The fraction of sp³-hybridized carbons (Fsp3) is 0.647. The number of rotatable bonds is 5. The van der Waals surface area contributed by atoms with Crippen molar-refractivity contribution in [1.29, 1.82) is 0 Å². The Kier molecular flexibility index (Phi) is 5.91. The van der Waals surface area contributed by atoms with E-state index in [1.54, 1.807) is 0 Å². The lowest BCUT2D eigenvalue weighted by Gasteiger charge is -2.40. The van der Waals surface area contributed by atoms with Crippen LogP contribution in [0.2, 0.25) is 5.02 Å². The summed E-state index contributed by atoms with van der Waals surface area (Å²) in [7, 11) is 0. The zero-order valence-corrected chi connectivity index (χ0v) is 14.3. The van der Waals surface area contributed by atoms with Gasteiger partial charge in [0, 0.05) is 12.6 Å². The van der Waals surface area contributed by atoms with Crippen molar-refractivity contribution in [2.45, 2.75) is 52.3 Å². The fourth-order valence-electron chi connectivity index (χ4n) is 2.93. The zero-order chi connectivity index (χ0) is 15.4. The van der Waals surface area contributed by atoms with Crippen molar-refractivity contribution in [3.8, 4) is 0 Å². The molecule has 1 aromatic carbocycles. The maximum atomic E-state index is 6.57. The molecule has 0 radical (unpaired) electrons. The molecule has 2 rings (SSSR count). The molecule has 0 saturated carbocycles. The van der Waals surface area contributed by atoms with Crippen LogP contribution in [0.1, 0.15) is 45.7 Å². The quantitative estimate of drug-likeness (QED) is 0.889. The Bertz CT molecular complexity index is 466. The molecular weight excluding hydrogens is 284 g/mol. The third kappa shape index (κ3) is 3.91. The molecule has 1 N–H and O–H groups in total. The molecule has 1 fully saturated rings. The van der Waals surface area contributed by atoms with Gasteiger partial charge in [-0.3, -0.25) is 0 Å². The Morgan fingerprint density at radius 2 is 2.19 bits per heavy atom. The number of hydrogen-bond donors (Lipinski definition) is 1. The summed E-state index contributed by atoms with van der Waals surface area (Å²) in [6.07, 6.45) is 1.32. The lowest BCUT2D eigenvalue weighted by atomic mass is 10.1. The monoisotopic (exact) mass is 310 g/mol. The summed E-state index contributed by atoms with van der Waals surface area (Å²) in [5.41, 5.74) is 2.37. The van der Waals surface area contributed by atoms with Crippen molar-refractivity contribution >= 4 is 17.3 Å². The van der Waals surface area contributed by atoms with E-state index in [2.05, 4.69) is 56.1 Å². The topological polar surface area (TPSA) is 24.5 Å². The van der Waals surface area contributed by atoms with Gasteiger partial charge in [-0.25, -0.2) is 0 Å². The smallest absolute Gasteiger partial charge is 0.0723 e. The fourth-order valence-corrected chi connectivity index (χ4v) is 3.22. The van der Waals surface area contributed by atoms with Gasteiger partial charge in [0.25, 0.3) is 0 Å². The number of morpholine rings is 1. The van der Waals surface area contributed by atoms with Gasteiger partial charge in [0.05, 0.1) is 29.5 Å². The van der Waals surface area contributed by atoms with Crippen LogP contribution in [0.5, 0.6) is 0 Å². The molecule has 1 aromatic rings. The SMILES string of the molecule is CCNC(C)c1ccc(N2CC(C)OCC2CC)c(Cl)c1. The molecule has 0 spiro atoms. The normalized spacial score (nSPS) is 24.1. The molecule has 3 nitrogen and oxygen atoms in total. The number of benzene rings is 1. The van der Waals surface area contributed by atoms with Gasteiger partial charge in [-0.15, -0.1) is 0 Å². The van der Waals surface area contributed by atoms with E-state index in [9.17, 15) is 0 Å². The molecule has 0 amide bonds. The van der Waals surface area contributed by atoms with E-state index in [0.717, 1.165) is 36.8 Å². The Labute approximate surface area is 133 Å². The van der Waals surface area contributed by atoms with Crippen LogP contribution in [0.25, 0.3) is 0 Å². The van der Waals surface area contributed by atoms with Gasteiger partial charge >= 0.3 is 0 Å². The molecule has 1 aliphatic heterocycles. The number of anilines is 1. The summed E-state index contributed by atoms with van der Waals surface area (Å²) in [4.78, 5) is 2.40. The Morgan fingerprint density at radius 1 is 1.43 bits per heavy atom. The van der Waals surface area contributed by atoms with Crippen molar-refractivity contribution < 1.29 is 4.74 Å². The minimum atomic E-state index is 0.254.